The number of hydrogen-bond donors (Lipinski definition) is 0. The number of carbonyl (C=O) groups excluding carboxylic acids is 1. The zero-order valence-electron chi connectivity index (χ0n) is 17.7. The Morgan fingerprint density at radius 2 is 1.97 bits per heavy atom. The van der Waals surface area contributed by atoms with Gasteiger partial charge in [-0.2, -0.15) is 5.10 Å². The molecule has 3 rings (SSSR count). The molecule has 0 aliphatic heterocycles. The third kappa shape index (κ3) is 4.34. The molecule has 3 aromatic rings. The van der Waals surface area contributed by atoms with Crippen LogP contribution in [0.25, 0.3) is 11.0 Å². The lowest BCUT2D eigenvalue weighted by Gasteiger charge is -2.22. The quantitative estimate of drug-likeness (QED) is 0.574. The standard InChI is InChI=1S/C22H28N4O3/c1-6-25(14-16-8-9-19(29-7-2)20(10-16)28-5)22(27)18-11-17-13-24-26(15(3)4)21(17)23-12-18/h8-13,15H,6-7,14H2,1-5H3. The first-order chi connectivity index (χ1) is 14.0. The van der Waals surface area contributed by atoms with E-state index in [2.05, 4.69) is 23.9 Å². The molecule has 0 fully saturated rings. The average Bonchev–Trinajstić information content (AvgIpc) is 3.16. The molecule has 0 aliphatic carbocycles. The highest BCUT2D eigenvalue weighted by molar-refractivity contribution is 5.96. The summed E-state index contributed by atoms with van der Waals surface area (Å²) in [6.45, 7) is 9.62. The molecule has 0 unspecified atom stereocenters. The van der Waals surface area contributed by atoms with Crippen LogP contribution in [0.2, 0.25) is 0 Å². The summed E-state index contributed by atoms with van der Waals surface area (Å²) >= 11 is 0. The van der Waals surface area contributed by atoms with E-state index in [4.69, 9.17) is 9.47 Å². The van der Waals surface area contributed by atoms with Crippen LogP contribution in [0, 0.1) is 0 Å². The molecule has 2 heterocycles. The minimum atomic E-state index is -0.0629. The molecule has 0 N–H and O–H groups in total. The van der Waals surface area contributed by atoms with Crippen molar-refractivity contribution in [3.63, 3.8) is 0 Å². The summed E-state index contributed by atoms with van der Waals surface area (Å²) in [4.78, 5) is 19.4. The number of methoxy groups -OCH3 is 1. The number of carbonyl (C=O) groups is 1. The van der Waals surface area contributed by atoms with Crippen molar-refractivity contribution in [1.82, 2.24) is 19.7 Å². The van der Waals surface area contributed by atoms with E-state index in [0.717, 1.165) is 16.6 Å². The molecule has 7 heteroatoms. The fraction of sp³-hybridized carbons (Fsp3) is 0.409. The number of pyridine rings is 1. The van der Waals surface area contributed by atoms with Gasteiger partial charge >= 0.3 is 0 Å². The van der Waals surface area contributed by atoms with Crippen molar-refractivity contribution in [2.45, 2.75) is 40.3 Å². The summed E-state index contributed by atoms with van der Waals surface area (Å²) in [6.07, 6.45) is 3.39. The van der Waals surface area contributed by atoms with Crippen LogP contribution in [-0.2, 0) is 6.54 Å². The maximum Gasteiger partial charge on any atom is 0.255 e. The van der Waals surface area contributed by atoms with Gasteiger partial charge in [0.15, 0.2) is 17.1 Å². The smallest absolute Gasteiger partial charge is 0.255 e. The molecule has 29 heavy (non-hydrogen) atoms. The highest BCUT2D eigenvalue weighted by Gasteiger charge is 2.18. The van der Waals surface area contributed by atoms with Gasteiger partial charge in [0.05, 0.1) is 25.5 Å². The zero-order chi connectivity index (χ0) is 21.0. The maximum absolute atomic E-state index is 13.1. The molecule has 0 atom stereocenters. The number of benzene rings is 1. The highest BCUT2D eigenvalue weighted by Crippen LogP contribution is 2.28. The first kappa shape index (κ1) is 20.6. The zero-order valence-corrected chi connectivity index (χ0v) is 17.7. The largest absolute Gasteiger partial charge is 0.493 e. The van der Waals surface area contributed by atoms with Crippen molar-refractivity contribution >= 4 is 16.9 Å². The molecule has 0 aliphatic rings. The maximum atomic E-state index is 13.1. The Morgan fingerprint density at radius 1 is 1.17 bits per heavy atom. The number of ether oxygens (including phenoxy) is 2. The second-order valence-corrected chi connectivity index (χ2v) is 7.06. The Balaban J connectivity index is 1.83. The summed E-state index contributed by atoms with van der Waals surface area (Å²) in [5.41, 5.74) is 2.32. The second-order valence-electron chi connectivity index (χ2n) is 7.06. The summed E-state index contributed by atoms with van der Waals surface area (Å²) in [7, 11) is 1.61. The van der Waals surface area contributed by atoms with Gasteiger partial charge in [-0.15, -0.1) is 0 Å². The van der Waals surface area contributed by atoms with Gasteiger partial charge in [0.2, 0.25) is 0 Å². The second kappa shape index (κ2) is 8.94. The van der Waals surface area contributed by atoms with Crippen LogP contribution in [-0.4, -0.2) is 45.8 Å². The van der Waals surface area contributed by atoms with E-state index in [1.807, 2.05) is 42.8 Å². The van der Waals surface area contributed by atoms with Gasteiger partial charge in [-0.1, -0.05) is 6.07 Å². The molecule has 2 aromatic heterocycles. The van der Waals surface area contributed by atoms with E-state index < -0.39 is 0 Å². The number of aromatic nitrogens is 3. The minimum absolute atomic E-state index is 0.0629. The lowest BCUT2D eigenvalue weighted by atomic mass is 10.1. The summed E-state index contributed by atoms with van der Waals surface area (Å²) < 4.78 is 12.8. The molecule has 7 nitrogen and oxygen atoms in total. The van der Waals surface area contributed by atoms with E-state index in [1.165, 1.54) is 0 Å². The van der Waals surface area contributed by atoms with Gasteiger partial charge in [-0.3, -0.25) is 4.79 Å². The number of fused-ring (bicyclic) bond motifs is 1. The Labute approximate surface area is 171 Å². The molecule has 0 radical (unpaired) electrons. The van der Waals surface area contributed by atoms with Crippen LogP contribution in [0.1, 0.15) is 49.7 Å². The topological polar surface area (TPSA) is 69.5 Å². The molecule has 1 amide bonds. The predicted molar refractivity (Wildman–Crippen MR) is 112 cm³/mol. The molecule has 0 saturated carbocycles. The Bertz CT molecular complexity index is 997. The Hall–Kier alpha value is -3.09. The summed E-state index contributed by atoms with van der Waals surface area (Å²) in [5, 5.41) is 5.24. The van der Waals surface area contributed by atoms with Gasteiger partial charge < -0.3 is 14.4 Å². The third-order valence-corrected chi connectivity index (χ3v) is 4.74. The van der Waals surface area contributed by atoms with Crippen LogP contribution < -0.4 is 9.47 Å². The lowest BCUT2D eigenvalue weighted by molar-refractivity contribution is 0.0752. The molecular weight excluding hydrogens is 368 g/mol. The first-order valence-electron chi connectivity index (χ1n) is 9.90. The van der Waals surface area contributed by atoms with Gasteiger partial charge in [-0.25, -0.2) is 9.67 Å². The molecule has 154 valence electrons. The number of amides is 1. The van der Waals surface area contributed by atoms with Gasteiger partial charge in [-0.05, 0) is 51.5 Å². The van der Waals surface area contributed by atoms with Crippen molar-refractivity contribution in [1.29, 1.82) is 0 Å². The Morgan fingerprint density at radius 3 is 2.62 bits per heavy atom. The number of rotatable bonds is 8. The third-order valence-electron chi connectivity index (χ3n) is 4.74. The molecule has 0 bridgehead atoms. The Kier molecular flexibility index (Phi) is 6.36. The van der Waals surface area contributed by atoms with Crippen molar-refractivity contribution in [2.75, 3.05) is 20.3 Å². The fourth-order valence-electron chi connectivity index (χ4n) is 3.25. The van der Waals surface area contributed by atoms with E-state index >= 15 is 0 Å². The summed E-state index contributed by atoms with van der Waals surface area (Å²) in [6, 6.07) is 7.82. The van der Waals surface area contributed by atoms with E-state index in [9.17, 15) is 4.79 Å². The van der Waals surface area contributed by atoms with Crippen LogP contribution in [0.5, 0.6) is 11.5 Å². The first-order valence-corrected chi connectivity index (χ1v) is 9.90. The van der Waals surface area contributed by atoms with E-state index in [0.29, 0.717) is 36.8 Å². The van der Waals surface area contributed by atoms with Gasteiger partial charge in [0.25, 0.3) is 5.91 Å². The van der Waals surface area contributed by atoms with Gasteiger partial charge in [0.1, 0.15) is 0 Å². The van der Waals surface area contributed by atoms with Crippen LogP contribution in [0.15, 0.2) is 36.7 Å². The van der Waals surface area contributed by atoms with E-state index in [-0.39, 0.29) is 11.9 Å². The highest BCUT2D eigenvalue weighted by atomic mass is 16.5. The monoisotopic (exact) mass is 396 g/mol. The number of nitrogens with zero attached hydrogens (tertiary/aromatic N) is 4. The number of hydrogen-bond acceptors (Lipinski definition) is 5. The predicted octanol–water partition coefficient (Wildman–Crippen LogP) is 4.08. The normalized spacial score (nSPS) is 11.1. The van der Waals surface area contributed by atoms with E-state index in [1.54, 1.807) is 24.4 Å². The van der Waals surface area contributed by atoms with Crippen molar-refractivity contribution in [3.05, 3.63) is 47.8 Å². The van der Waals surface area contributed by atoms with Crippen molar-refractivity contribution < 1.29 is 14.3 Å². The molecular formula is C22H28N4O3. The van der Waals surface area contributed by atoms with Crippen LogP contribution in [0.3, 0.4) is 0 Å². The molecule has 1 aromatic carbocycles. The fourth-order valence-corrected chi connectivity index (χ4v) is 3.25. The van der Waals surface area contributed by atoms with Gasteiger partial charge in [0, 0.05) is 30.7 Å². The SMILES string of the molecule is CCOc1ccc(CN(CC)C(=O)c2cnc3c(cnn3C(C)C)c2)cc1OC. The van der Waals surface area contributed by atoms with Crippen LogP contribution >= 0.6 is 0 Å². The average molecular weight is 396 g/mol. The molecule has 0 spiro atoms. The van der Waals surface area contributed by atoms with Crippen molar-refractivity contribution in [2.24, 2.45) is 0 Å². The molecule has 0 saturated heterocycles. The minimum Gasteiger partial charge on any atom is -0.493 e. The van der Waals surface area contributed by atoms with Crippen LogP contribution in [0.4, 0.5) is 0 Å². The lowest BCUT2D eigenvalue weighted by Crippen LogP contribution is -2.30. The summed E-state index contributed by atoms with van der Waals surface area (Å²) in [5.74, 6) is 1.30. The van der Waals surface area contributed by atoms with Crippen molar-refractivity contribution in [3.8, 4) is 11.5 Å².